The molecular weight excluding hydrogens is 260 g/mol. The second kappa shape index (κ2) is 9.06. The number of benzene rings is 1. The summed E-state index contributed by atoms with van der Waals surface area (Å²) in [6.45, 7) is 10.9. The van der Waals surface area contributed by atoms with Crippen LogP contribution in [0.3, 0.4) is 0 Å². The summed E-state index contributed by atoms with van der Waals surface area (Å²) >= 11 is 0. The lowest BCUT2D eigenvalue weighted by Gasteiger charge is -2.30. The summed E-state index contributed by atoms with van der Waals surface area (Å²) in [5, 5.41) is 3.46. The number of hydrogen-bond donors (Lipinski definition) is 1. The normalized spacial score (nSPS) is 16.3. The number of ether oxygens (including phenoxy) is 1. The van der Waals surface area contributed by atoms with Gasteiger partial charge in [0.1, 0.15) is 5.75 Å². The van der Waals surface area contributed by atoms with Crippen LogP contribution in [0.15, 0.2) is 24.3 Å². The fraction of sp³-hybridized carbons (Fsp3) is 0.667. The first kappa shape index (κ1) is 16.3. The van der Waals surface area contributed by atoms with E-state index >= 15 is 0 Å². The van der Waals surface area contributed by atoms with Crippen LogP contribution >= 0.6 is 0 Å². The van der Waals surface area contributed by atoms with Crippen LogP contribution in [0.25, 0.3) is 0 Å². The third-order valence-corrected chi connectivity index (χ3v) is 4.16. The van der Waals surface area contributed by atoms with Crippen LogP contribution in [0.4, 0.5) is 0 Å². The SMILES string of the molecule is CCCN(Cc1ccc(OCC)cc1)CC1CCNCC1. The van der Waals surface area contributed by atoms with E-state index in [1.807, 2.05) is 6.92 Å². The molecule has 0 atom stereocenters. The van der Waals surface area contributed by atoms with Gasteiger partial charge in [0, 0.05) is 13.1 Å². The van der Waals surface area contributed by atoms with Crippen molar-refractivity contribution in [3.05, 3.63) is 29.8 Å². The first-order valence-corrected chi connectivity index (χ1v) is 8.46. The van der Waals surface area contributed by atoms with Crippen LogP contribution < -0.4 is 10.1 Å². The van der Waals surface area contributed by atoms with Crippen molar-refractivity contribution in [2.45, 2.75) is 39.7 Å². The van der Waals surface area contributed by atoms with Gasteiger partial charge in [-0.25, -0.2) is 0 Å². The Morgan fingerprint density at radius 1 is 1.14 bits per heavy atom. The molecule has 0 radical (unpaired) electrons. The van der Waals surface area contributed by atoms with E-state index in [4.69, 9.17) is 4.74 Å². The molecule has 1 aromatic rings. The Hall–Kier alpha value is -1.06. The van der Waals surface area contributed by atoms with Gasteiger partial charge in [0.15, 0.2) is 0 Å². The minimum atomic E-state index is 0.733. The second-order valence-corrected chi connectivity index (χ2v) is 6.01. The highest BCUT2D eigenvalue weighted by Gasteiger charge is 2.16. The third-order valence-electron chi connectivity index (χ3n) is 4.16. The van der Waals surface area contributed by atoms with Crippen molar-refractivity contribution < 1.29 is 4.74 Å². The molecule has 0 aromatic heterocycles. The number of nitrogens with zero attached hydrogens (tertiary/aromatic N) is 1. The summed E-state index contributed by atoms with van der Waals surface area (Å²) in [6, 6.07) is 8.59. The maximum absolute atomic E-state index is 5.51. The highest BCUT2D eigenvalue weighted by Crippen LogP contribution is 2.17. The molecule has 0 spiro atoms. The van der Waals surface area contributed by atoms with E-state index < -0.39 is 0 Å². The van der Waals surface area contributed by atoms with Gasteiger partial charge in [0.25, 0.3) is 0 Å². The largest absolute Gasteiger partial charge is 0.494 e. The van der Waals surface area contributed by atoms with Gasteiger partial charge in [-0.15, -0.1) is 0 Å². The molecule has 1 N–H and O–H groups in total. The molecule has 118 valence electrons. The summed E-state index contributed by atoms with van der Waals surface area (Å²) in [6.07, 6.45) is 3.87. The van der Waals surface area contributed by atoms with Crippen LogP contribution in [0.1, 0.15) is 38.7 Å². The van der Waals surface area contributed by atoms with Crippen molar-refractivity contribution in [2.75, 3.05) is 32.8 Å². The number of rotatable bonds is 8. The van der Waals surface area contributed by atoms with E-state index in [-0.39, 0.29) is 0 Å². The van der Waals surface area contributed by atoms with E-state index in [1.165, 1.54) is 51.0 Å². The fourth-order valence-electron chi connectivity index (χ4n) is 3.10. The molecular formula is C18H30N2O. The Morgan fingerprint density at radius 3 is 2.48 bits per heavy atom. The summed E-state index contributed by atoms with van der Waals surface area (Å²) in [4.78, 5) is 2.62. The zero-order chi connectivity index (χ0) is 14.9. The van der Waals surface area contributed by atoms with Crippen LogP contribution in [0.2, 0.25) is 0 Å². The van der Waals surface area contributed by atoms with E-state index in [0.29, 0.717) is 0 Å². The Labute approximate surface area is 129 Å². The Balaban J connectivity index is 1.88. The Morgan fingerprint density at radius 2 is 1.86 bits per heavy atom. The van der Waals surface area contributed by atoms with Gasteiger partial charge in [-0.1, -0.05) is 19.1 Å². The van der Waals surface area contributed by atoms with Crippen molar-refractivity contribution in [1.82, 2.24) is 10.2 Å². The predicted molar refractivity (Wildman–Crippen MR) is 88.8 cm³/mol. The second-order valence-electron chi connectivity index (χ2n) is 6.01. The molecule has 3 nitrogen and oxygen atoms in total. The van der Waals surface area contributed by atoms with E-state index in [0.717, 1.165) is 24.8 Å². The van der Waals surface area contributed by atoms with Gasteiger partial charge in [-0.3, -0.25) is 4.90 Å². The number of hydrogen-bond acceptors (Lipinski definition) is 3. The van der Waals surface area contributed by atoms with Gasteiger partial charge in [-0.2, -0.15) is 0 Å². The molecule has 1 saturated heterocycles. The molecule has 1 fully saturated rings. The summed E-state index contributed by atoms with van der Waals surface area (Å²) in [5.41, 5.74) is 1.39. The van der Waals surface area contributed by atoms with Crippen LogP contribution in [0, 0.1) is 5.92 Å². The maximum Gasteiger partial charge on any atom is 0.119 e. The quantitative estimate of drug-likeness (QED) is 0.795. The van der Waals surface area contributed by atoms with Crippen LogP contribution in [-0.2, 0) is 6.54 Å². The molecule has 0 saturated carbocycles. The van der Waals surface area contributed by atoms with Gasteiger partial charge in [0.05, 0.1) is 6.61 Å². The molecule has 1 aliphatic heterocycles. The predicted octanol–water partition coefficient (Wildman–Crippen LogP) is 3.30. The molecule has 21 heavy (non-hydrogen) atoms. The first-order chi connectivity index (χ1) is 10.3. The van der Waals surface area contributed by atoms with Gasteiger partial charge >= 0.3 is 0 Å². The third kappa shape index (κ3) is 5.68. The highest BCUT2D eigenvalue weighted by molar-refractivity contribution is 5.27. The van der Waals surface area contributed by atoms with Gasteiger partial charge in [-0.05, 0) is 69.4 Å². The van der Waals surface area contributed by atoms with Crippen molar-refractivity contribution >= 4 is 0 Å². The monoisotopic (exact) mass is 290 g/mol. The van der Waals surface area contributed by atoms with Gasteiger partial charge < -0.3 is 10.1 Å². The van der Waals surface area contributed by atoms with Crippen LogP contribution in [-0.4, -0.2) is 37.7 Å². The number of piperidine rings is 1. The minimum absolute atomic E-state index is 0.733. The van der Waals surface area contributed by atoms with Crippen molar-refractivity contribution in [2.24, 2.45) is 5.92 Å². The smallest absolute Gasteiger partial charge is 0.119 e. The molecule has 0 amide bonds. The fourth-order valence-corrected chi connectivity index (χ4v) is 3.10. The maximum atomic E-state index is 5.51. The molecule has 1 aromatic carbocycles. The molecule has 0 aliphatic carbocycles. The van der Waals surface area contributed by atoms with Crippen molar-refractivity contribution in [3.63, 3.8) is 0 Å². The summed E-state index contributed by atoms with van der Waals surface area (Å²) in [7, 11) is 0. The topological polar surface area (TPSA) is 24.5 Å². The lowest BCUT2D eigenvalue weighted by Crippen LogP contribution is -2.36. The lowest BCUT2D eigenvalue weighted by atomic mass is 9.97. The summed E-state index contributed by atoms with van der Waals surface area (Å²) in [5.74, 6) is 1.84. The average Bonchev–Trinajstić information content (AvgIpc) is 2.51. The Bertz CT molecular complexity index is 385. The lowest BCUT2D eigenvalue weighted by molar-refractivity contribution is 0.199. The van der Waals surface area contributed by atoms with Crippen LogP contribution in [0.5, 0.6) is 5.75 Å². The molecule has 0 unspecified atom stereocenters. The average molecular weight is 290 g/mol. The van der Waals surface area contributed by atoms with E-state index in [9.17, 15) is 0 Å². The molecule has 1 heterocycles. The molecule has 1 aliphatic rings. The highest BCUT2D eigenvalue weighted by atomic mass is 16.5. The molecule has 3 heteroatoms. The standard InChI is InChI=1S/C18H30N2O/c1-3-13-20(15-17-9-11-19-12-10-17)14-16-5-7-18(8-6-16)21-4-2/h5-8,17,19H,3-4,9-15H2,1-2H3. The minimum Gasteiger partial charge on any atom is -0.494 e. The molecule has 0 bridgehead atoms. The number of nitrogens with one attached hydrogen (secondary N) is 1. The van der Waals surface area contributed by atoms with E-state index in [1.54, 1.807) is 0 Å². The molecule has 2 rings (SSSR count). The van der Waals surface area contributed by atoms with Crippen molar-refractivity contribution in [3.8, 4) is 5.75 Å². The van der Waals surface area contributed by atoms with E-state index in [2.05, 4.69) is 41.4 Å². The zero-order valence-electron chi connectivity index (χ0n) is 13.6. The summed E-state index contributed by atoms with van der Waals surface area (Å²) < 4.78 is 5.51. The van der Waals surface area contributed by atoms with Crippen molar-refractivity contribution in [1.29, 1.82) is 0 Å². The van der Waals surface area contributed by atoms with Gasteiger partial charge in [0.2, 0.25) is 0 Å². The Kier molecular flexibility index (Phi) is 7.04. The zero-order valence-corrected chi connectivity index (χ0v) is 13.6. The first-order valence-electron chi connectivity index (χ1n) is 8.46.